The number of aliphatic imine (C=N–C) groups is 1. The van der Waals surface area contributed by atoms with E-state index in [0.717, 1.165) is 22.4 Å². The average molecular weight is 287 g/mol. The lowest BCUT2D eigenvalue weighted by Gasteiger charge is -2.12. The number of aryl methyl sites for hydroxylation is 1. The third-order valence-corrected chi connectivity index (χ3v) is 3.74. The molecule has 110 valence electrons. The number of benzene rings is 2. The van der Waals surface area contributed by atoms with Gasteiger partial charge in [0.2, 0.25) is 0 Å². The third kappa shape index (κ3) is 3.15. The highest BCUT2D eigenvalue weighted by Crippen LogP contribution is 2.24. The molecule has 0 radical (unpaired) electrons. The summed E-state index contributed by atoms with van der Waals surface area (Å²) in [6, 6.07) is 12.6. The van der Waals surface area contributed by atoms with Gasteiger partial charge in [0.05, 0.1) is 5.71 Å². The summed E-state index contributed by atoms with van der Waals surface area (Å²) in [5.41, 5.74) is 4.95. The fraction of sp³-hybridized carbons (Fsp3) is 0.0952. The van der Waals surface area contributed by atoms with Crippen LogP contribution < -0.4 is 0 Å². The van der Waals surface area contributed by atoms with E-state index in [9.17, 15) is 0 Å². The van der Waals surface area contributed by atoms with Crippen molar-refractivity contribution in [1.29, 1.82) is 0 Å². The summed E-state index contributed by atoms with van der Waals surface area (Å²) in [4.78, 5) is 4.44. The minimum atomic E-state index is 0.854. The van der Waals surface area contributed by atoms with Crippen molar-refractivity contribution in [2.24, 2.45) is 4.99 Å². The number of hydrogen-bond donors (Lipinski definition) is 0. The van der Waals surface area contributed by atoms with E-state index < -0.39 is 0 Å². The van der Waals surface area contributed by atoms with Crippen LogP contribution in [-0.4, -0.2) is 12.8 Å². The molecule has 0 aromatic heterocycles. The van der Waals surface area contributed by atoms with E-state index in [2.05, 4.69) is 68.1 Å². The van der Waals surface area contributed by atoms with E-state index in [1.165, 1.54) is 16.3 Å². The largest absolute Gasteiger partial charge is 0.287 e. The van der Waals surface area contributed by atoms with Gasteiger partial charge < -0.3 is 0 Å². The van der Waals surface area contributed by atoms with Crippen LogP contribution in [0.1, 0.15) is 11.1 Å². The maximum atomic E-state index is 4.44. The van der Waals surface area contributed by atoms with Gasteiger partial charge in [-0.15, -0.1) is 0 Å². The van der Waals surface area contributed by atoms with Crippen molar-refractivity contribution in [2.45, 2.75) is 6.92 Å². The monoisotopic (exact) mass is 287 g/mol. The Morgan fingerprint density at radius 3 is 2.45 bits per heavy atom. The van der Waals surface area contributed by atoms with Crippen molar-refractivity contribution < 1.29 is 0 Å². The molecule has 0 unspecified atom stereocenters. The van der Waals surface area contributed by atoms with E-state index in [-0.39, 0.29) is 0 Å². The molecule has 0 aliphatic heterocycles. The van der Waals surface area contributed by atoms with Gasteiger partial charge in [0.1, 0.15) is 0 Å². The molecule has 22 heavy (non-hydrogen) atoms. The van der Waals surface area contributed by atoms with Gasteiger partial charge >= 0.3 is 0 Å². The molecule has 0 saturated carbocycles. The van der Waals surface area contributed by atoms with Crippen LogP contribution in [0.3, 0.4) is 0 Å². The molecule has 1 heteroatoms. The van der Waals surface area contributed by atoms with Crippen LogP contribution >= 0.6 is 0 Å². The topological polar surface area (TPSA) is 12.4 Å². The van der Waals surface area contributed by atoms with Gasteiger partial charge in [-0.25, -0.2) is 0 Å². The first kappa shape index (κ1) is 15.7. The summed E-state index contributed by atoms with van der Waals surface area (Å²) < 4.78 is 0. The van der Waals surface area contributed by atoms with Crippen LogP contribution in [0.4, 0.5) is 0 Å². The number of nitrogens with zero attached hydrogens (tertiary/aromatic N) is 1. The van der Waals surface area contributed by atoms with Gasteiger partial charge in [-0.3, -0.25) is 4.99 Å². The van der Waals surface area contributed by atoms with Crippen LogP contribution in [0.15, 0.2) is 90.5 Å². The number of rotatable bonds is 5. The Labute approximate surface area is 132 Å². The molecule has 0 spiro atoms. The lowest BCUT2D eigenvalue weighted by molar-refractivity contribution is 1.40. The highest BCUT2D eigenvalue weighted by atomic mass is 14.7. The van der Waals surface area contributed by atoms with E-state index in [0.29, 0.717) is 0 Å². The highest BCUT2D eigenvalue weighted by Gasteiger charge is 2.10. The van der Waals surface area contributed by atoms with E-state index in [4.69, 9.17) is 0 Å². The van der Waals surface area contributed by atoms with Crippen LogP contribution in [0.25, 0.3) is 10.8 Å². The first-order chi connectivity index (χ1) is 10.6. The van der Waals surface area contributed by atoms with Crippen LogP contribution in [-0.2, 0) is 0 Å². The maximum absolute atomic E-state index is 4.44. The van der Waals surface area contributed by atoms with Crippen molar-refractivity contribution in [3.63, 3.8) is 0 Å². The van der Waals surface area contributed by atoms with Gasteiger partial charge in [0, 0.05) is 12.6 Å². The molecule has 0 fully saturated rings. The van der Waals surface area contributed by atoms with E-state index in [1.54, 1.807) is 13.1 Å². The second-order valence-corrected chi connectivity index (χ2v) is 5.17. The summed E-state index contributed by atoms with van der Waals surface area (Å²) in [6.07, 6.45) is 5.55. The molecular formula is C21H21N. The fourth-order valence-corrected chi connectivity index (χ4v) is 2.48. The molecule has 2 rings (SSSR count). The summed E-state index contributed by atoms with van der Waals surface area (Å²) in [5.74, 6) is 0. The maximum Gasteiger partial charge on any atom is 0.0712 e. The lowest BCUT2D eigenvalue weighted by atomic mass is 9.94. The third-order valence-electron chi connectivity index (χ3n) is 3.74. The van der Waals surface area contributed by atoms with Crippen LogP contribution in [0.2, 0.25) is 0 Å². The Morgan fingerprint density at radius 1 is 1.05 bits per heavy atom. The molecule has 0 amide bonds. The zero-order valence-electron chi connectivity index (χ0n) is 13.3. The van der Waals surface area contributed by atoms with Crippen molar-refractivity contribution in [2.75, 3.05) is 7.05 Å². The SMILES string of the molecule is C=CC(=C)/C=C\C(=C)/C(=N/C)c1ccc2ccccc2c1C. The van der Waals surface area contributed by atoms with Gasteiger partial charge in [0.15, 0.2) is 0 Å². The molecule has 1 nitrogen and oxygen atoms in total. The summed E-state index contributed by atoms with van der Waals surface area (Å²) >= 11 is 0. The summed E-state index contributed by atoms with van der Waals surface area (Å²) in [6.45, 7) is 13.8. The summed E-state index contributed by atoms with van der Waals surface area (Å²) in [5, 5.41) is 2.48. The molecule has 0 aliphatic rings. The highest BCUT2D eigenvalue weighted by molar-refractivity contribution is 6.16. The Balaban J connectivity index is 2.46. The van der Waals surface area contributed by atoms with Gasteiger partial charge in [0.25, 0.3) is 0 Å². The Kier molecular flexibility index (Phi) is 4.90. The molecule has 0 atom stereocenters. The lowest BCUT2D eigenvalue weighted by Crippen LogP contribution is -2.05. The molecule has 0 bridgehead atoms. The molecule has 2 aromatic rings. The second kappa shape index (κ2) is 6.86. The van der Waals surface area contributed by atoms with Gasteiger partial charge in [-0.1, -0.05) is 74.4 Å². The minimum Gasteiger partial charge on any atom is -0.287 e. The molecule has 0 N–H and O–H groups in total. The predicted molar refractivity (Wildman–Crippen MR) is 98.8 cm³/mol. The molecular weight excluding hydrogens is 266 g/mol. The Bertz CT molecular complexity index is 804. The zero-order valence-corrected chi connectivity index (χ0v) is 13.3. The quantitative estimate of drug-likeness (QED) is 0.514. The zero-order chi connectivity index (χ0) is 16.1. The van der Waals surface area contributed by atoms with E-state index >= 15 is 0 Å². The first-order valence-corrected chi connectivity index (χ1v) is 7.22. The molecule has 0 heterocycles. The van der Waals surface area contributed by atoms with Crippen molar-refractivity contribution in [3.05, 3.63) is 96.6 Å². The van der Waals surface area contributed by atoms with Gasteiger partial charge in [-0.05, 0) is 34.4 Å². The molecule has 2 aromatic carbocycles. The first-order valence-electron chi connectivity index (χ1n) is 7.22. The van der Waals surface area contributed by atoms with Crippen LogP contribution in [0.5, 0.6) is 0 Å². The Hall–Kier alpha value is -2.67. The molecule has 0 saturated heterocycles. The normalized spacial score (nSPS) is 11.8. The second-order valence-electron chi connectivity index (χ2n) is 5.17. The van der Waals surface area contributed by atoms with Crippen molar-refractivity contribution >= 4 is 16.5 Å². The van der Waals surface area contributed by atoms with Crippen LogP contribution in [0, 0.1) is 6.92 Å². The smallest absolute Gasteiger partial charge is 0.0712 e. The minimum absolute atomic E-state index is 0.854. The average Bonchev–Trinajstić information content (AvgIpc) is 2.55. The standard InChI is InChI=1S/C21H21N/c1-6-15(2)11-12-16(3)21(22-5)20-14-13-18-9-7-8-10-19(18)17(20)4/h6-14H,1-3H2,4-5H3/b12-11-,22-21-. The van der Waals surface area contributed by atoms with E-state index in [1.807, 2.05) is 12.2 Å². The Morgan fingerprint density at radius 2 is 1.77 bits per heavy atom. The van der Waals surface area contributed by atoms with Gasteiger partial charge in [-0.2, -0.15) is 0 Å². The fourth-order valence-electron chi connectivity index (χ4n) is 2.48. The van der Waals surface area contributed by atoms with Crippen molar-refractivity contribution in [1.82, 2.24) is 0 Å². The summed E-state index contributed by atoms with van der Waals surface area (Å²) in [7, 11) is 1.80. The molecule has 0 aliphatic carbocycles. The number of fused-ring (bicyclic) bond motifs is 1. The number of hydrogen-bond acceptors (Lipinski definition) is 1. The predicted octanol–water partition coefficient (Wildman–Crippen LogP) is 5.42. The number of allylic oxidation sites excluding steroid dienone is 5. The van der Waals surface area contributed by atoms with Crippen molar-refractivity contribution in [3.8, 4) is 0 Å².